The molecule has 0 aliphatic heterocycles. The first-order valence-corrected chi connectivity index (χ1v) is 6.42. The van der Waals surface area contributed by atoms with Gasteiger partial charge in [0.1, 0.15) is 6.61 Å². The Hall–Kier alpha value is -2.32. The lowest BCUT2D eigenvalue weighted by Gasteiger charge is -2.05. The number of aliphatic hydroxyl groups excluding tert-OH is 1. The van der Waals surface area contributed by atoms with E-state index < -0.39 is 0 Å². The molecule has 0 aliphatic rings. The molecule has 1 rings (SSSR count). The zero-order valence-electron chi connectivity index (χ0n) is 11.4. The third-order valence-electron chi connectivity index (χ3n) is 2.47. The molecule has 5 heteroatoms. The number of benzene rings is 1. The lowest BCUT2D eigenvalue weighted by atomic mass is 10.1. The average molecular weight is 274 g/mol. The molecular weight excluding hydrogens is 256 g/mol. The number of amides is 2. The summed E-state index contributed by atoms with van der Waals surface area (Å²) in [6.07, 6.45) is 0.264. The normalized spacial score (nSPS) is 9.30. The molecule has 5 nitrogen and oxygen atoms in total. The summed E-state index contributed by atoms with van der Waals surface area (Å²) in [7, 11) is 0. The maximum absolute atomic E-state index is 11.8. The lowest BCUT2D eigenvalue weighted by Crippen LogP contribution is -2.30. The van der Waals surface area contributed by atoms with Gasteiger partial charge in [-0.05, 0) is 31.2 Å². The van der Waals surface area contributed by atoms with Crippen LogP contribution in [0.25, 0.3) is 0 Å². The maximum Gasteiger partial charge on any atom is 0.251 e. The first kappa shape index (κ1) is 15.7. The molecule has 1 aromatic rings. The van der Waals surface area contributed by atoms with Gasteiger partial charge in [-0.25, -0.2) is 0 Å². The van der Waals surface area contributed by atoms with E-state index in [1.165, 1.54) is 0 Å². The van der Waals surface area contributed by atoms with Crippen molar-refractivity contribution >= 4 is 11.8 Å². The molecule has 0 radical (unpaired) electrons. The second kappa shape index (κ2) is 8.73. The van der Waals surface area contributed by atoms with Crippen molar-refractivity contribution in [3.63, 3.8) is 0 Å². The summed E-state index contributed by atoms with van der Waals surface area (Å²) >= 11 is 0. The minimum absolute atomic E-state index is 0.0811. The van der Waals surface area contributed by atoms with Crippen molar-refractivity contribution in [3.05, 3.63) is 35.4 Å². The van der Waals surface area contributed by atoms with Crippen LogP contribution in [0.5, 0.6) is 0 Å². The Kier molecular flexibility index (Phi) is 6.87. The predicted molar refractivity (Wildman–Crippen MR) is 76.0 cm³/mol. The number of carbonyl (C=O) groups excluding carboxylic acids is 2. The van der Waals surface area contributed by atoms with E-state index in [0.717, 1.165) is 5.56 Å². The Labute approximate surface area is 118 Å². The minimum atomic E-state index is -0.226. The van der Waals surface area contributed by atoms with Crippen LogP contribution >= 0.6 is 0 Å². The molecule has 2 amide bonds. The molecule has 0 aliphatic carbocycles. The van der Waals surface area contributed by atoms with Gasteiger partial charge in [-0.3, -0.25) is 9.59 Å². The van der Waals surface area contributed by atoms with E-state index in [1.807, 2.05) is 6.92 Å². The Morgan fingerprint density at radius 2 is 1.90 bits per heavy atom. The molecule has 0 heterocycles. The van der Waals surface area contributed by atoms with Gasteiger partial charge in [-0.1, -0.05) is 11.8 Å². The summed E-state index contributed by atoms with van der Waals surface area (Å²) in [5, 5.41) is 13.9. The molecule has 0 bridgehead atoms. The molecule has 3 N–H and O–H groups in total. The van der Waals surface area contributed by atoms with Gasteiger partial charge in [0.25, 0.3) is 5.91 Å². The largest absolute Gasteiger partial charge is 0.384 e. The van der Waals surface area contributed by atoms with Gasteiger partial charge in [0.2, 0.25) is 5.91 Å². The van der Waals surface area contributed by atoms with Crippen LogP contribution in [0.4, 0.5) is 0 Å². The standard InChI is InChI=1S/C15H18N2O3/c1-2-16-14(19)9-10-17-15(20)13-7-5-12(6-8-13)4-3-11-18/h5-8,18H,2,9-11H2,1H3,(H,16,19)(H,17,20). The highest BCUT2D eigenvalue weighted by Crippen LogP contribution is 2.03. The second-order valence-corrected chi connectivity index (χ2v) is 4.00. The van der Waals surface area contributed by atoms with Crippen molar-refractivity contribution in [2.45, 2.75) is 13.3 Å². The van der Waals surface area contributed by atoms with E-state index in [0.29, 0.717) is 18.7 Å². The molecule has 0 aromatic heterocycles. The number of carbonyl (C=O) groups is 2. The summed E-state index contributed by atoms with van der Waals surface area (Å²) < 4.78 is 0. The molecule has 0 saturated heterocycles. The lowest BCUT2D eigenvalue weighted by molar-refractivity contribution is -0.120. The van der Waals surface area contributed by atoms with Crippen LogP contribution in [0, 0.1) is 11.8 Å². The number of aliphatic hydroxyl groups is 1. The molecule has 0 spiro atoms. The van der Waals surface area contributed by atoms with E-state index >= 15 is 0 Å². The number of nitrogens with one attached hydrogen (secondary N) is 2. The average Bonchev–Trinajstić information content (AvgIpc) is 2.46. The minimum Gasteiger partial charge on any atom is -0.384 e. The van der Waals surface area contributed by atoms with Crippen molar-refractivity contribution in [1.29, 1.82) is 0 Å². The van der Waals surface area contributed by atoms with Crippen LogP contribution < -0.4 is 10.6 Å². The van der Waals surface area contributed by atoms with E-state index in [4.69, 9.17) is 5.11 Å². The van der Waals surface area contributed by atoms with Crippen LogP contribution in [0.15, 0.2) is 24.3 Å². The summed E-state index contributed by atoms with van der Waals surface area (Å²) in [5.74, 6) is 4.97. The fraction of sp³-hybridized carbons (Fsp3) is 0.333. The SMILES string of the molecule is CCNC(=O)CCNC(=O)c1ccc(C#CCO)cc1. The first-order chi connectivity index (χ1) is 9.67. The van der Waals surface area contributed by atoms with Crippen LogP contribution in [0.3, 0.4) is 0 Å². The molecule has 0 fully saturated rings. The monoisotopic (exact) mass is 274 g/mol. The highest BCUT2D eigenvalue weighted by Gasteiger charge is 2.05. The molecule has 0 unspecified atom stereocenters. The van der Waals surface area contributed by atoms with Gasteiger partial charge in [-0.2, -0.15) is 0 Å². The Morgan fingerprint density at radius 3 is 2.50 bits per heavy atom. The van der Waals surface area contributed by atoms with Crippen molar-refractivity contribution in [2.24, 2.45) is 0 Å². The zero-order valence-corrected chi connectivity index (χ0v) is 11.4. The zero-order chi connectivity index (χ0) is 14.8. The second-order valence-electron chi connectivity index (χ2n) is 4.00. The van der Waals surface area contributed by atoms with Crippen molar-refractivity contribution in [3.8, 4) is 11.8 Å². The van der Waals surface area contributed by atoms with Gasteiger partial charge in [0, 0.05) is 30.6 Å². The van der Waals surface area contributed by atoms with E-state index in [-0.39, 0.29) is 24.8 Å². The fourth-order valence-corrected chi connectivity index (χ4v) is 1.52. The Bertz CT molecular complexity index is 512. The highest BCUT2D eigenvalue weighted by atomic mass is 16.2. The topological polar surface area (TPSA) is 78.4 Å². The fourth-order valence-electron chi connectivity index (χ4n) is 1.52. The van der Waals surface area contributed by atoms with Gasteiger partial charge >= 0.3 is 0 Å². The van der Waals surface area contributed by atoms with E-state index in [1.54, 1.807) is 24.3 Å². The van der Waals surface area contributed by atoms with Crippen molar-refractivity contribution in [1.82, 2.24) is 10.6 Å². The van der Waals surface area contributed by atoms with Gasteiger partial charge in [0.15, 0.2) is 0 Å². The van der Waals surface area contributed by atoms with Crippen molar-refractivity contribution in [2.75, 3.05) is 19.7 Å². The van der Waals surface area contributed by atoms with E-state index in [9.17, 15) is 9.59 Å². The third-order valence-corrected chi connectivity index (χ3v) is 2.47. The van der Waals surface area contributed by atoms with Crippen LogP contribution in [-0.2, 0) is 4.79 Å². The number of hydrogen-bond donors (Lipinski definition) is 3. The third kappa shape index (κ3) is 5.55. The van der Waals surface area contributed by atoms with Crippen molar-refractivity contribution < 1.29 is 14.7 Å². The van der Waals surface area contributed by atoms with Crippen LogP contribution in [0.2, 0.25) is 0 Å². The Morgan fingerprint density at radius 1 is 1.20 bits per heavy atom. The number of hydrogen-bond acceptors (Lipinski definition) is 3. The molecule has 20 heavy (non-hydrogen) atoms. The summed E-state index contributed by atoms with van der Waals surface area (Å²) in [5.41, 5.74) is 1.24. The summed E-state index contributed by atoms with van der Waals surface area (Å²) in [6, 6.07) is 6.73. The molecule has 0 saturated carbocycles. The number of rotatable bonds is 5. The smallest absolute Gasteiger partial charge is 0.251 e. The summed E-state index contributed by atoms with van der Waals surface area (Å²) in [6.45, 7) is 2.54. The maximum atomic E-state index is 11.8. The van der Waals surface area contributed by atoms with Gasteiger partial charge < -0.3 is 15.7 Å². The van der Waals surface area contributed by atoms with Crippen LogP contribution in [-0.4, -0.2) is 36.6 Å². The molecular formula is C15H18N2O3. The predicted octanol–water partition coefficient (Wildman–Crippen LogP) is 0.286. The van der Waals surface area contributed by atoms with Gasteiger partial charge in [0.05, 0.1) is 0 Å². The van der Waals surface area contributed by atoms with E-state index in [2.05, 4.69) is 22.5 Å². The molecule has 1 aromatic carbocycles. The van der Waals surface area contributed by atoms with Gasteiger partial charge in [-0.15, -0.1) is 0 Å². The van der Waals surface area contributed by atoms with Crippen LogP contribution in [0.1, 0.15) is 29.3 Å². The molecule has 106 valence electrons. The summed E-state index contributed by atoms with van der Waals surface area (Å²) in [4.78, 5) is 23.0. The molecule has 0 atom stereocenters. The quantitative estimate of drug-likeness (QED) is 0.675. The first-order valence-electron chi connectivity index (χ1n) is 6.42. The Balaban J connectivity index is 2.45. The highest BCUT2D eigenvalue weighted by molar-refractivity contribution is 5.94.